The first kappa shape index (κ1) is 19.0. The van der Waals surface area contributed by atoms with E-state index in [2.05, 4.69) is 21.0 Å². The Morgan fingerprint density at radius 1 is 1.24 bits per heavy atom. The number of carbonyl (C=O) groups is 3. The average molecular weight is 349 g/mol. The molecular formula is C17H27N5O3. The van der Waals surface area contributed by atoms with Crippen LogP contribution in [-0.4, -0.2) is 40.1 Å². The second kappa shape index (κ2) is 8.64. The van der Waals surface area contributed by atoms with Crippen LogP contribution in [0, 0.1) is 5.92 Å². The van der Waals surface area contributed by atoms with E-state index in [4.69, 9.17) is 0 Å². The Labute approximate surface area is 147 Å². The van der Waals surface area contributed by atoms with Crippen LogP contribution in [0.25, 0.3) is 0 Å². The highest BCUT2D eigenvalue weighted by molar-refractivity contribution is 5.97. The zero-order chi connectivity index (χ0) is 18.4. The summed E-state index contributed by atoms with van der Waals surface area (Å²) in [5.74, 6) is -0.225. The molecule has 0 radical (unpaired) electrons. The summed E-state index contributed by atoms with van der Waals surface area (Å²) in [6.45, 7) is 3.58. The van der Waals surface area contributed by atoms with E-state index in [1.165, 1.54) is 17.2 Å². The Balaban J connectivity index is 1.91. The van der Waals surface area contributed by atoms with Crippen LogP contribution in [0.1, 0.15) is 56.4 Å². The molecule has 0 unspecified atom stereocenters. The number of aryl methyl sites for hydroxylation is 1. The van der Waals surface area contributed by atoms with Crippen molar-refractivity contribution in [2.24, 2.45) is 13.0 Å². The van der Waals surface area contributed by atoms with Gasteiger partial charge in [0.1, 0.15) is 5.82 Å². The Hall–Kier alpha value is -2.38. The van der Waals surface area contributed by atoms with Gasteiger partial charge in [-0.05, 0) is 26.7 Å². The van der Waals surface area contributed by atoms with Crippen molar-refractivity contribution in [2.45, 2.75) is 52.0 Å². The maximum absolute atomic E-state index is 12.3. The number of carbonyl (C=O) groups excluding carboxylic acids is 3. The van der Waals surface area contributed by atoms with Gasteiger partial charge < -0.3 is 16.0 Å². The minimum Gasteiger partial charge on any atom is -0.352 e. The zero-order valence-electron chi connectivity index (χ0n) is 15.1. The molecule has 1 aliphatic rings. The topological polar surface area (TPSA) is 105 Å². The first-order chi connectivity index (χ1) is 11.9. The van der Waals surface area contributed by atoms with Gasteiger partial charge in [-0.1, -0.05) is 19.3 Å². The number of aromatic nitrogens is 2. The number of hydrogen-bond acceptors (Lipinski definition) is 4. The molecule has 0 saturated heterocycles. The fourth-order valence-corrected chi connectivity index (χ4v) is 2.91. The summed E-state index contributed by atoms with van der Waals surface area (Å²) in [6, 6.07) is 1.54. The molecule has 0 atom stereocenters. The highest BCUT2D eigenvalue weighted by atomic mass is 16.2. The van der Waals surface area contributed by atoms with Crippen molar-refractivity contribution in [3.8, 4) is 0 Å². The standard InChI is InChI=1S/C17H27N5O3/c1-11(2)19-15(23)10-18-17(25)13-9-14(22(3)21-13)20-16(24)12-7-5-4-6-8-12/h9,11-12H,4-8,10H2,1-3H3,(H,18,25)(H,19,23)(H,20,24). The van der Waals surface area contributed by atoms with E-state index in [-0.39, 0.29) is 36.0 Å². The van der Waals surface area contributed by atoms with Crippen molar-refractivity contribution in [3.05, 3.63) is 11.8 Å². The van der Waals surface area contributed by atoms with E-state index in [0.29, 0.717) is 5.82 Å². The van der Waals surface area contributed by atoms with Crippen molar-refractivity contribution in [3.63, 3.8) is 0 Å². The Morgan fingerprint density at radius 2 is 1.92 bits per heavy atom. The first-order valence-corrected chi connectivity index (χ1v) is 8.79. The van der Waals surface area contributed by atoms with Crippen LogP contribution in [0.4, 0.5) is 5.82 Å². The molecule has 0 bridgehead atoms. The molecule has 1 aliphatic carbocycles. The molecule has 8 heteroatoms. The fraction of sp³-hybridized carbons (Fsp3) is 0.647. The monoisotopic (exact) mass is 349 g/mol. The molecule has 1 aromatic rings. The summed E-state index contributed by atoms with van der Waals surface area (Å²) in [5.41, 5.74) is 0.166. The first-order valence-electron chi connectivity index (χ1n) is 8.79. The largest absolute Gasteiger partial charge is 0.352 e. The Kier molecular flexibility index (Phi) is 6.55. The van der Waals surface area contributed by atoms with Crippen molar-refractivity contribution in [1.29, 1.82) is 0 Å². The van der Waals surface area contributed by atoms with Crippen LogP contribution in [0.15, 0.2) is 6.07 Å². The van der Waals surface area contributed by atoms with E-state index in [1.807, 2.05) is 13.8 Å². The van der Waals surface area contributed by atoms with Crippen LogP contribution in [0.2, 0.25) is 0 Å². The molecule has 1 heterocycles. The summed E-state index contributed by atoms with van der Waals surface area (Å²) in [5, 5.41) is 12.2. The number of nitrogens with one attached hydrogen (secondary N) is 3. The molecule has 3 amide bonds. The number of amides is 3. The predicted octanol–water partition coefficient (Wildman–Crippen LogP) is 1.19. The summed E-state index contributed by atoms with van der Waals surface area (Å²) < 4.78 is 1.46. The van der Waals surface area contributed by atoms with Crippen molar-refractivity contribution < 1.29 is 14.4 Å². The van der Waals surface area contributed by atoms with Crippen LogP contribution in [0.5, 0.6) is 0 Å². The summed E-state index contributed by atoms with van der Waals surface area (Å²) in [6.07, 6.45) is 5.15. The fourth-order valence-electron chi connectivity index (χ4n) is 2.91. The third-order valence-corrected chi connectivity index (χ3v) is 4.20. The molecule has 8 nitrogen and oxygen atoms in total. The van der Waals surface area contributed by atoms with Gasteiger partial charge in [0.25, 0.3) is 5.91 Å². The van der Waals surface area contributed by atoms with Crippen molar-refractivity contribution in [2.75, 3.05) is 11.9 Å². The second-order valence-electron chi connectivity index (χ2n) is 6.77. The quantitative estimate of drug-likeness (QED) is 0.717. The van der Waals surface area contributed by atoms with Gasteiger partial charge in [0.15, 0.2) is 5.69 Å². The summed E-state index contributed by atoms with van der Waals surface area (Å²) >= 11 is 0. The van der Waals surface area contributed by atoms with E-state index in [9.17, 15) is 14.4 Å². The highest BCUT2D eigenvalue weighted by Gasteiger charge is 2.23. The Morgan fingerprint density at radius 3 is 2.56 bits per heavy atom. The molecule has 0 aromatic carbocycles. The van der Waals surface area contributed by atoms with E-state index in [1.54, 1.807) is 7.05 Å². The van der Waals surface area contributed by atoms with Gasteiger partial charge in [0.2, 0.25) is 11.8 Å². The van der Waals surface area contributed by atoms with E-state index < -0.39 is 5.91 Å². The molecule has 2 rings (SSSR count). The van der Waals surface area contributed by atoms with Crippen molar-refractivity contribution >= 4 is 23.5 Å². The summed E-state index contributed by atoms with van der Waals surface area (Å²) in [4.78, 5) is 36.0. The smallest absolute Gasteiger partial charge is 0.272 e. The highest BCUT2D eigenvalue weighted by Crippen LogP contribution is 2.25. The lowest BCUT2D eigenvalue weighted by atomic mass is 9.89. The molecule has 0 spiro atoms. The number of rotatable bonds is 6. The lowest BCUT2D eigenvalue weighted by Gasteiger charge is -2.20. The molecule has 1 saturated carbocycles. The van der Waals surface area contributed by atoms with Crippen molar-refractivity contribution in [1.82, 2.24) is 20.4 Å². The van der Waals surface area contributed by atoms with Gasteiger partial charge in [-0.15, -0.1) is 0 Å². The molecule has 1 aromatic heterocycles. The molecular weight excluding hydrogens is 322 g/mol. The van der Waals surface area contributed by atoms with Gasteiger partial charge in [-0.3, -0.25) is 19.1 Å². The van der Waals surface area contributed by atoms with E-state index >= 15 is 0 Å². The molecule has 138 valence electrons. The van der Waals surface area contributed by atoms with Crippen LogP contribution < -0.4 is 16.0 Å². The predicted molar refractivity (Wildman–Crippen MR) is 94.0 cm³/mol. The maximum atomic E-state index is 12.3. The minimum atomic E-state index is -0.451. The molecule has 25 heavy (non-hydrogen) atoms. The van der Waals surface area contributed by atoms with Crippen LogP contribution in [0.3, 0.4) is 0 Å². The average Bonchev–Trinajstić information content (AvgIpc) is 2.93. The lowest BCUT2D eigenvalue weighted by Crippen LogP contribution is -2.39. The van der Waals surface area contributed by atoms with Gasteiger partial charge in [0, 0.05) is 25.1 Å². The third kappa shape index (κ3) is 5.58. The maximum Gasteiger partial charge on any atom is 0.272 e. The molecule has 0 aliphatic heterocycles. The van der Waals surface area contributed by atoms with Crippen LogP contribution >= 0.6 is 0 Å². The minimum absolute atomic E-state index is 0.0147. The third-order valence-electron chi connectivity index (χ3n) is 4.20. The number of nitrogens with zero attached hydrogens (tertiary/aromatic N) is 2. The van der Waals surface area contributed by atoms with Crippen LogP contribution in [-0.2, 0) is 16.6 Å². The number of anilines is 1. The van der Waals surface area contributed by atoms with Gasteiger partial charge in [-0.25, -0.2) is 0 Å². The molecule has 3 N–H and O–H groups in total. The SMILES string of the molecule is CC(C)NC(=O)CNC(=O)c1cc(NC(=O)C2CCCCC2)n(C)n1. The van der Waals surface area contributed by atoms with Gasteiger partial charge in [-0.2, -0.15) is 5.10 Å². The van der Waals surface area contributed by atoms with Gasteiger partial charge in [0.05, 0.1) is 6.54 Å². The zero-order valence-corrected chi connectivity index (χ0v) is 15.1. The van der Waals surface area contributed by atoms with E-state index in [0.717, 1.165) is 25.7 Å². The Bertz CT molecular complexity index is 632. The lowest BCUT2D eigenvalue weighted by molar-refractivity contribution is -0.121. The summed E-state index contributed by atoms with van der Waals surface area (Å²) in [7, 11) is 1.67. The normalized spacial score (nSPS) is 15.0. The number of hydrogen-bond donors (Lipinski definition) is 3. The second-order valence-corrected chi connectivity index (χ2v) is 6.77. The molecule has 1 fully saturated rings. The van der Waals surface area contributed by atoms with Gasteiger partial charge >= 0.3 is 0 Å².